The van der Waals surface area contributed by atoms with Crippen LogP contribution < -0.4 is 39.3 Å². The van der Waals surface area contributed by atoms with Gasteiger partial charge in [0.05, 0.1) is 0 Å². The third-order valence-corrected chi connectivity index (χ3v) is 2.85. The standard InChI is InChI=1S/C13H12N2O.C3H8N2O.C3H7NO.C2H5NO.CH4N2O/c16-13(14-11-7-3-1-4-8-11)15-12-9-5-2-6-10-12;1-5(2)3(4)6;1-2-3(4)5;1-2(3)4;2-1(3)4/h1-10H,(H2,14,15,16);1-2H3,(H2,4,6);2H2,1H3,(H2,4,5);1H3,(H2,3,4);(H4,2,3,4). The molecule has 0 saturated carbocycles. The molecule has 0 saturated heterocycles. The topological polar surface area (TPSA) is 243 Å². The highest BCUT2D eigenvalue weighted by atomic mass is 16.2. The van der Waals surface area contributed by atoms with Crippen LogP contribution in [0.25, 0.3) is 0 Å². The summed E-state index contributed by atoms with van der Waals surface area (Å²) in [7, 11) is 3.20. The number of rotatable bonds is 3. The Bertz CT molecular complexity index is 814. The van der Waals surface area contributed by atoms with Gasteiger partial charge in [-0.25, -0.2) is 14.4 Å². The molecule has 2 rings (SSSR count). The van der Waals surface area contributed by atoms with Crippen molar-refractivity contribution in [2.45, 2.75) is 20.3 Å². The van der Waals surface area contributed by atoms with Crippen LogP contribution in [0.15, 0.2) is 60.7 Å². The van der Waals surface area contributed by atoms with E-state index in [1.165, 1.54) is 11.8 Å². The van der Waals surface area contributed by atoms with Crippen LogP contribution in [-0.2, 0) is 9.59 Å². The molecule has 0 aliphatic rings. The third-order valence-electron chi connectivity index (χ3n) is 2.85. The molecular weight excluding hydrogens is 456 g/mol. The summed E-state index contributed by atoms with van der Waals surface area (Å²) in [5, 5.41) is 5.48. The van der Waals surface area contributed by atoms with E-state index in [0.717, 1.165) is 11.4 Å². The summed E-state index contributed by atoms with van der Waals surface area (Å²) in [4.78, 5) is 50.5. The van der Waals surface area contributed by atoms with Gasteiger partial charge in [-0.3, -0.25) is 9.59 Å². The first kappa shape index (κ1) is 34.8. The van der Waals surface area contributed by atoms with Gasteiger partial charge >= 0.3 is 18.1 Å². The number of carbonyl (C=O) groups excluding carboxylic acids is 5. The largest absolute Gasteiger partial charge is 0.370 e. The van der Waals surface area contributed by atoms with E-state index < -0.39 is 12.1 Å². The second-order valence-corrected chi connectivity index (χ2v) is 6.38. The van der Waals surface area contributed by atoms with E-state index in [-0.39, 0.29) is 17.8 Å². The molecule has 0 aliphatic carbocycles. The van der Waals surface area contributed by atoms with Crippen molar-refractivity contribution in [3.63, 3.8) is 0 Å². The number of nitrogens with zero attached hydrogens (tertiary/aromatic N) is 1. The predicted molar refractivity (Wildman–Crippen MR) is 137 cm³/mol. The number of benzene rings is 2. The van der Waals surface area contributed by atoms with Crippen LogP contribution in [0.3, 0.4) is 0 Å². The summed E-state index contributed by atoms with van der Waals surface area (Å²) < 4.78 is 0. The van der Waals surface area contributed by atoms with Crippen LogP contribution in [0, 0.1) is 0 Å². The summed E-state index contributed by atoms with van der Waals surface area (Å²) in [6.07, 6.45) is 0.444. The van der Waals surface area contributed by atoms with E-state index in [9.17, 15) is 19.2 Å². The van der Waals surface area contributed by atoms with Gasteiger partial charge in [0, 0.05) is 38.8 Å². The van der Waals surface area contributed by atoms with Crippen molar-refractivity contribution in [3.05, 3.63) is 60.7 Å². The van der Waals surface area contributed by atoms with Crippen molar-refractivity contribution in [3.8, 4) is 0 Å². The monoisotopic (exact) mass is 492 g/mol. The Hall–Kier alpha value is -4.81. The molecule has 2 aromatic rings. The zero-order valence-electron chi connectivity index (χ0n) is 20.4. The van der Waals surface area contributed by atoms with Crippen molar-refractivity contribution in [2.24, 2.45) is 28.7 Å². The van der Waals surface area contributed by atoms with Gasteiger partial charge in [-0.15, -0.1) is 0 Å². The Morgan fingerprint density at radius 1 is 0.714 bits per heavy atom. The quantitative estimate of drug-likeness (QED) is 0.334. The molecule has 2 aromatic carbocycles. The number of nitrogens with one attached hydrogen (secondary N) is 2. The molecule has 12 N–H and O–H groups in total. The summed E-state index contributed by atoms with van der Waals surface area (Å²) in [5.74, 6) is -0.579. The number of para-hydroxylation sites is 2. The fourth-order valence-electron chi connectivity index (χ4n) is 1.34. The lowest BCUT2D eigenvalue weighted by atomic mass is 10.3. The predicted octanol–water partition coefficient (Wildman–Crippen LogP) is 1.35. The number of primary amides is 5. The molecule has 0 aromatic heterocycles. The van der Waals surface area contributed by atoms with Gasteiger partial charge in [0.25, 0.3) is 0 Å². The average molecular weight is 493 g/mol. The summed E-state index contributed by atoms with van der Waals surface area (Å²) in [6, 6.07) is 17.2. The van der Waals surface area contributed by atoms with Crippen LogP contribution in [0.2, 0.25) is 0 Å². The van der Waals surface area contributed by atoms with E-state index in [0.29, 0.717) is 6.42 Å². The molecule has 13 nitrogen and oxygen atoms in total. The van der Waals surface area contributed by atoms with Gasteiger partial charge < -0.3 is 44.2 Å². The molecule has 0 atom stereocenters. The van der Waals surface area contributed by atoms with E-state index in [1.807, 2.05) is 60.7 Å². The van der Waals surface area contributed by atoms with Gasteiger partial charge in [-0.2, -0.15) is 0 Å². The number of hydrogen-bond donors (Lipinski definition) is 7. The van der Waals surface area contributed by atoms with Gasteiger partial charge in [0.1, 0.15) is 0 Å². The molecule has 0 aliphatic heterocycles. The second kappa shape index (κ2) is 22.4. The van der Waals surface area contributed by atoms with Gasteiger partial charge in [0.15, 0.2) is 0 Å². The Balaban J connectivity index is -0.000000446. The van der Waals surface area contributed by atoms with Crippen LogP contribution in [0.5, 0.6) is 0 Å². The molecule has 0 heterocycles. The number of urea groups is 3. The molecule has 35 heavy (non-hydrogen) atoms. The molecule has 0 spiro atoms. The first-order chi connectivity index (χ1) is 16.2. The molecule has 194 valence electrons. The van der Waals surface area contributed by atoms with Crippen LogP contribution >= 0.6 is 0 Å². The number of anilines is 2. The Labute approximate surface area is 205 Å². The maximum atomic E-state index is 11.6. The molecule has 0 bridgehead atoms. The molecule has 8 amide bonds. The van der Waals surface area contributed by atoms with Crippen LogP contribution in [-0.4, -0.2) is 48.9 Å². The van der Waals surface area contributed by atoms with E-state index in [1.54, 1.807) is 21.0 Å². The number of amides is 8. The average Bonchev–Trinajstić information content (AvgIpc) is 2.75. The van der Waals surface area contributed by atoms with E-state index in [2.05, 4.69) is 33.6 Å². The number of hydrogen-bond acceptors (Lipinski definition) is 5. The normalized spacial score (nSPS) is 8.11. The lowest BCUT2D eigenvalue weighted by molar-refractivity contribution is -0.118. The fraction of sp³-hybridized carbons (Fsp3) is 0.227. The summed E-state index contributed by atoms with van der Waals surface area (Å²) in [6.45, 7) is 3.03. The highest BCUT2D eigenvalue weighted by Crippen LogP contribution is 2.08. The maximum Gasteiger partial charge on any atom is 0.323 e. The number of nitrogens with two attached hydrogens (primary N) is 5. The summed E-state index contributed by atoms with van der Waals surface area (Å²) in [5.41, 5.74) is 23.9. The maximum absolute atomic E-state index is 11.6. The smallest absolute Gasteiger partial charge is 0.323 e. The highest BCUT2D eigenvalue weighted by molar-refractivity contribution is 5.99. The lowest BCUT2D eigenvalue weighted by Crippen LogP contribution is -2.27. The number of carbonyl (C=O) groups is 5. The SMILES string of the molecule is CC(N)=O.CCC(N)=O.CN(C)C(N)=O.NC(N)=O.O=C(Nc1ccccc1)Nc1ccccc1. The van der Waals surface area contributed by atoms with Crippen LogP contribution in [0.4, 0.5) is 25.8 Å². The minimum atomic E-state index is -0.833. The lowest BCUT2D eigenvalue weighted by Gasteiger charge is -2.06. The zero-order valence-corrected chi connectivity index (χ0v) is 20.4. The van der Waals surface area contributed by atoms with Crippen molar-refractivity contribution in [1.82, 2.24) is 4.90 Å². The van der Waals surface area contributed by atoms with Crippen molar-refractivity contribution in [2.75, 3.05) is 24.7 Å². The van der Waals surface area contributed by atoms with Gasteiger partial charge in [0.2, 0.25) is 11.8 Å². The first-order valence-electron chi connectivity index (χ1n) is 9.96. The fourth-order valence-corrected chi connectivity index (χ4v) is 1.34. The summed E-state index contributed by atoms with van der Waals surface area (Å²) >= 11 is 0. The molecular formula is C22H36N8O5. The molecule has 0 unspecified atom stereocenters. The van der Waals surface area contributed by atoms with E-state index >= 15 is 0 Å². The second-order valence-electron chi connectivity index (χ2n) is 6.38. The van der Waals surface area contributed by atoms with Crippen molar-refractivity contribution < 1.29 is 24.0 Å². The Morgan fingerprint density at radius 3 is 1.11 bits per heavy atom. The minimum absolute atomic E-state index is 0.239. The van der Waals surface area contributed by atoms with Crippen molar-refractivity contribution >= 4 is 41.3 Å². The first-order valence-corrected chi connectivity index (χ1v) is 9.96. The van der Waals surface area contributed by atoms with Crippen molar-refractivity contribution in [1.29, 1.82) is 0 Å². The van der Waals surface area contributed by atoms with Crippen LogP contribution in [0.1, 0.15) is 20.3 Å². The minimum Gasteiger partial charge on any atom is -0.370 e. The Morgan fingerprint density at radius 2 is 0.943 bits per heavy atom. The van der Waals surface area contributed by atoms with E-state index in [4.69, 9.17) is 10.5 Å². The molecule has 0 fully saturated rings. The Kier molecular flexibility index (Phi) is 22.3. The molecule has 13 heteroatoms. The third kappa shape index (κ3) is 34.0. The van der Waals surface area contributed by atoms with Gasteiger partial charge in [-0.05, 0) is 24.3 Å². The molecule has 0 radical (unpaired) electrons. The highest BCUT2D eigenvalue weighted by Gasteiger charge is 2.00. The zero-order chi connectivity index (χ0) is 27.8. The van der Waals surface area contributed by atoms with Gasteiger partial charge in [-0.1, -0.05) is 43.3 Å².